The van der Waals surface area contributed by atoms with Crippen molar-refractivity contribution in [3.63, 3.8) is 0 Å². The predicted molar refractivity (Wildman–Crippen MR) is 41.8 cm³/mol. The molecule has 0 bridgehead atoms. The van der Waals surface area contributed by atoms with Gasteiger partial charge in [-0.25, -0.2) is 4.98 Å². The van der Waals surface area contributed by atoms with E-state index in [-0.39, 0.29) is 10.7 Å². The van der Waals surface area contributed by atoms with E-state index >= 15 is 0 Å². The molecule has 0 N–H and O–H groups in total. The lowest BCUT2D eigenvalue weighted by molar-refractivity contribution is 0.688. The molecular formula is C7H7ClN2O. The molecule has 0 aliphatic heterocycles. The highest BCUT2D eigenvalue weighted by atomic mass is 35.5. The Bertz CT molecular complexity index is 329. The maximum atomic E-state index is 11.2. The zero-order valence-electron chi connectivity index (χ0n) is 5.83. The van der Waals surface area contributed by atoms with Crippen LogP contribution in [-0.2, 0) is 0 Å². The third kappa shape index (κ3) is 1.28. The standard InChI is InChI=1S/C7H7ClN2O/c8-6-3-7(11)10(4-9-6)5-1-2-5/h3-5H,1-2H2. The van der Waals surface area contributed by atoms with Crippen molar-refractivity contribution in [1.29, 1.82) is 0 Å². The van der Waals surface area contributed by atoms with Crippen LogP contribution in [0.5, 0.6) is 0 Å². The Morgan fingerprint density at radius 3 is 2.91 bits per heavy atom. The van der Waals surface area contributed by atoms with Gasteiger partial charge in [0.25, 0.3) is 5.56 Å². The van der Waals surface area contributed by atoms with E-state index in [1.54, 1.807) is 4.57 Å². The van der Waals surface area contributed by atoms with Crippen molar-refractivity contribution in [1.82, 2.24) is 9.55 Å². The van der Waals surface area contributed by atoms with E-state index < -0.39 is 0 Å². The van der Waals surface area contributed by atoms with Crippen LogP contribution >= 0.6 is 11.6 Å². The highest BCUT2D eigenvalue weighted by Crippen LogP contribution is 2.32. The minimum absolute atomic E-state index is 0.0486. The van der Waals surface area contributed by atoms with E-state index in [9.17, 15) is 4.79 Å². The van der Waals surface area contributed by atoms with Crippen LogP contribution in [0.3, 0.4) is 0 Å². The molecule has 1 fully saturated rings. The summed E-state index contributed by atoms with van der Waals surface area (Å²) in [4.78, 5) is 15.0. The van der Waals surface area contributed by atoms with E-state index in [4.69, 9.17) is 11.6 Å². The molecular weight excluding hydrogens is 164 g/mol. The fourth-order valence-electron chi connectivity index (χ4n) is 1.01. The Labute approximate surface area is 68.6 Å². The minimum atomic E-state index is -0.0486. The Morgan fingerprint density at radius 1 is 1.64 bits per heavy atom. The maximum absolute atomic E-state index is 11.2. The van der Waals surface area contributed by atoms with Crippen molar-refractivity contribution in [2.75, 3.05) is 0 Å². The molecule has 1 heterocycles. The average molecular weight is 171 g/mol. The van der Waals surface area contributed by atoms with Crippen LogP contribution in [0.1, 0.15) is 18.9 Å². The van der Waals surface area contributed by atoms with Crippen LogP contribution < -0.4 is 5.56 Å². The molecule has 2 rings (SSSR count). The van der Waals surface area contributed by atoms with Crippen LogP contribution in [0.15, 0.2) is 17.2 Å². The molecule has 11 heavy (non-hydrogen) atoms. The Kier molecular flexibility index (Phi) is 1.46. The zero-order valence-corrected chi connectivity index (χ0v) is 6.58. The van der Waals surface area contributed by atoms with Crippen LogP contribution in [-0.4, -0.2) is 9.55 Å². The van der Waals surface area contributed by atoms with Gasteiger partial charge in [-0.1, -0.05) is 11.6 Å². The number of aromatic nitrogens is 2. The summed E-state index contributed by atoms with van der Waals surface area (Å²) in [5, 5.41) is 0.270. The smallest absolute Gasteiger partial charge is 0.255 e. The van der Waals surface area contributed by atoms with E-state index in [1.165, 1.54) is 12.4 Å². The summed E-state index contributed by atoms with van der Waals surface area (Å²) in [6.45, 7) is 0. The summed E-state index contributed by atoms with van der Waals surface area (Å²) in [7, 11) is 0. The fraction of sp³-hybridized carbons (Fsp3) is 0.429. The Morgan fingerprint density at radius 2 is 2.36 bits per heavy atom. The first kappa shape index (κ1) is 6.85. The second kappa shape index (κ2) is 2.34. The molecule has 1 aromatic heterocycles. The van der Waals surface area contributed by atoms with Gasteiger partial charge in [-0.2, -0.15) is 0 Å². The van der Waals surface area contributed by atoms with E-state index in [0.29, 0.717) is 6.04 Å². The summed E-state index contributed by atoms with van der Waals surface area (Å²) in [5.74, 6) is 0. The first-order valence-electron chi connectivity index (χ1n) is 3.51. The largest absolute Gasteiger partial charge is 0.296 e. The van der Waals surface area contributed by atoms with E-state index in [0.717, 1.165) is 12.8 Å². The van der Waals surface area contributed by atoms with Crippen molar-refractivity contribution < 1.29 is 0 Å². The van der Waals surface area contributed by atoms with Gasteiger partial charge in [-0.3, -0.25) is 9.36 Å². The van der Waals surface area contributed by atoms with Gasteiger partial charge in [0, 0.05) is 12.1 Å². The van der Waals surface area contributed by atoms with E-state index in [1.807, 2.05) is 0 Å². The van der Waals surface area contributed by atoms with Gasteiger partial charge in [0.2, 0.25) is 0 Å². The van der Waals surface area contributed by atoms with Crippen molar-refractivity contribution in [3.8, 4) is 0 Å². The van der Waals surface area contributed by atoms with Gasteiger partial charge < -0.3 is 0 Å². The third-order valence-electron chi connectivity index (χ3n) is 1.74. The van der Waals surface area contributed by atoms with Crippen LogP contribution in [0, 0.1) is 0 Å². The molecule has 0 spiro atoms. The Balaban J connectivity index is 2.48. The average Bonchev–Trinajstić information content (AvgIpc) is 2.70. The molecule has 3 nitrogen and oxygen atoms in total. The number of hydrogen-bond acceptors (Lipinski definition) is 2. The van der Waals surface area contributed by atoms with Crippen molar-refractivity contribution in [3.05, 3.63) is 27.9 Å². The SMILES string of the molecule is O=c1cc(Cl)ncn1C1CC1. The fourth-order valence-corrected chi connectivity index (χ4v) is 1.15. The van der Waals surface area contributed by atoms with Gasteiger partial charge in [0.1, 0.15) is 5.15 Å². The third-order valence-corrected chi connectivity index (χ3v) is 1.95. The first-order chi connectivity index (χ1) is 5.27. The lowest BCUT2D eigenvalue weighted by Crippen LogP contribution is -2.17. The number of nitrogens with zero attached hydrogens (tertiary/aromatic N) is 2. The van der Waals surface area contributed by atoms with Gasteiger partial charge in [-0.15, -0.1) is 0 Å². The number of halogens is 1. The molecule has 4 heteroatoms. The van der Waals surface area contributed by atoms with Crippen LogP contribution in [0.2, 0.25) is 5.15 Å². The van der Waals surface area contributed by atoms with E-state index in [2.05, 4.69) is 4.98 Å². The normalized spacial score (nSPS) is 16.8. The molecule has 58 valence electrons. The lowest BCUT2D eigenvalue weighted by Gasteiger charge is -1.99. The summed E-state index contributed by atoms with van der Waals surface area (Å²) in [5.41, 5.74) is -0.0486. The quantitative estimate of drug-likeness (QED) is 0.595. The van der Waals surface area contributed by atoms with Crippen LogP contribution in [0.4, 0.5) is 0 Å². The summed E-state index contributed by atoms with van der Waals surface area (Å²) in [6.07, 6.45) is 3.69. The molecule has 1 aliphatic rings. The maximum Gasteiger partial charge on any atom is 0.255 e. The second-order valence-corrected chi connectivity index (χ2v) is 3.08. The molecule has 1 aromatic rings. The van der Waals surface area contributed by atoms with Crippen LogP contribution in [0.25, 0.3) is 0 Å². The van der Waals surface area contributed by atoms with Crippen molar-refractivity contribution in [2.45, 2.75) is 18.9 Å². The monoisotopic (exact) mass is 170 g/mol. The first-order valence-corrected chi connectivity index (χ1v) is 3.89. The molecule has 1 saturated carbocycles. The topological polar surface area (TPSA) is 34.9 Å². The van der Waals surface area contributed by atoms with Gasteiger partial charge in [0.15, 0.2) is 0 Å². The number of rotatable bonds is 1. The van der Waals surface area contributed by atoms with Gasteiger partial charge in [0.05, 0.1) is 6.33 Å². The summed E-state index contributed by atoms with van der Waals surface area (Å²) >= 11 is 5.52. The minimum Gasteiger partial charge on any atom is -0.296 e. The summed E-state index contributed by atoms with van der Waals surface area (Å²) < 4.78 is 1.63. The predicted octanol–water partition coefficient (Wildman–Crippen LogP) is 1.23. The highest BCUT2D eigenvalue weighted by molar-refractivity contribution is 6.29. The van der Waals surface area contributed by atoms with Gasteiger partial charge in [-0.05, 0) is 12.8 Å². The molecule has 0 saturated heterocycles. The number of hydrogen-bond donors (Lipinski definition) is 0. The van der Waals surface area contributed by atoms with Crippen molar-refractivity contribution in [2.24, 2.45) is 0 Å². The van der Waals surface area contributed by atoms with Gasteiger partial charge >= 0.3 is 0 Å². The summed E-state index contributed by atoms with van der Waals surface area (Å²) in [6, 6.07) is 1.73. The highest BCUT2D eigenvalue weighted by Gasteiger charge is 2.24. The molecule has 1 aliphatic carbocycles. The Hall–Kier alpha value is -0.830. The molecule has 0 aromatic carbocycles. The molecule has 0 amide bonds. The molecule has 0 unspecified atom stereocenters. The lowest BCUT2D eigenvalue weighted by atomic mass is 10.6. The molecule has 0 atom stereocenters. The second-order valence-electron chi connectivity index (χ2n) is 2.69. The van der Waals surface area contributed by atoms with Crippen molar-refractivity contribution >= 4 is 11.6 Å². The zero-order chi connectivity index (χ0) is 7.84. The molecule has 0 radical (unpaired) electrons.